The van der Waals surface area contributed by atoms with E-state index in [4.69, 9.17) is 4.98 Å². The van der Waals surface area contributed by atoms with Crippen LogP contribution >= 0.6 is 11.3 Å². The molecule has 0 saturated heterocycles. The highest BCUT2D eigenvalue weighted by atomic mass is 32.1. The Bertz CT molecular complexity index is 1130. The smallest absolute Gasteiger partial charge is 0.229 e. The molecule has 1 amide bonds. The second-order valence-electron chi connectivity index (χ2n) is 7.52. The molecular weight excluding hydrogens is 392 g/mol. The van der Waals surface area contributed by atoms with E-state index >= 15 is 0 Å². The maximum Gasteiger partial charge on any atom is 0.229 e. The third-order valence-corrected chi connectivity index (χ3v) is 6.59. The normalized spacial score (nSPS) is 11.2. The number of fused-ring (bicyclic) bond motifs is 1. The molecule has 0 bridgehead atoms. The van der Waals surface area contributed by atoms with Crippen LogP contribution in [-0.2, 0) is 24.7 Å². The monoisotopic (exact) mass is 418 g/mol. The first kappa shape index (κ1) is 20.3. The van der Waals surface area contributed by atoms with Gasteiger partial charge in [-0.2, -0.15) is 5.10 Å². The van der Waals surface area contributed by atoms with Crippen molar-refractivity contribution in [2.75, 3.05) is 11.4 Å². The highest BCUT2D eigenvalue weighted by Crippen LogP contribution is 2.29. The second kappa shape index (κ2) is 8.79. The van der Waals surface area contributed by atoms with Gasteiger partial charge in [-0.1, -0.05) is 53.8 Å². The van der Waals surface area contributed by atoms with Crippen molar-refractivity contribution >= 4 is 32.6 Å². The summed E-state index contributed by atoms with van der Waals surface area (Å²) < 4.78 is 2.99. The largest absolute Gasteiger partial charge is 0.288 e. The molecule has 4 aromatic rings. The van der Waals surface area contributed by atoms with Crippen LogP contribution in [0.3, 0.4) is 0 Å². The molecule has 154 valence electrons. The van der Waals surface area contributed by atoms with Crippen LogP contribution in [-0.4, -0.2) is 27.2 Å². The van der Waals surface area contributed by atoms with Gasteiger partial charge in [0.1, 0.15) is 0 Å². The highest BCUT2D eigenvalue weighted by Gasteiger charge is 2.21. The summed E-state index contributed by atoms with van der Waals surface area (Å²) >= 11 is 1.58. The number of carbonyl (C=O) groups is 1. The Kier molecular flexibility index (Phi) is 5.95. The number of para-hydroxylation sites is 1. The standard InChI is InChI=1S/C24H26N4OS/c1-17-20(18(2)27(3)26-17)13-14-23(29)28(16-15-19-9-5-4-6-10-19)24-25-21-11-7-8-12-22(21)30-24/h4-12H,13-16H2,1-3H3. The van der Waals surface area contributed by atoms with Crippen LogP contribution < -0.4 is 4.90 Å². The van der Waals surface area contributed by atoms with Crippen LogP contribution in [0, 0.1) is 13.8 Å². The van der Waals surface area contributed by atoms with Crippen molar-refractivity contribution < 1.29 is 4.79 Å². The average molecular weight is 419 g/mol. The molecule has 0 radical (unpaired) electrons. The number of thiazole rings is 1. The summed E-state index contributed by atoms with van der Waals surface area (Å²) in [4.78, 5) is 19.9. The first-order chi connectivity index (χ1) is 14.5. The molecule has 4 rings (SSSR count). The number of nitrogens with zero attached hydrogens (tertiary/aromatic N) is 4. The minimum atomic E-state index is 0.104. The van der Waals surface area contributed by atoms with Gasteiger partial charge in [0.05, 0.1) is 15.9 Å². The maximum atomic E-state index is 13.3. The summed E-state index contributed by atoms with van der Waals surface area (Å²) in [7, 11) is 1.95. The summed E-state index contributed by atoms with van der Waals surface area (Å²) in [6.07, 6.45) is 1.93. The minimum Gasteiger partial charge on any atom is -0.288 e. The maximum absolute atomic E-state index is 13.3. The molecule has 0 saturated carbocycles. The van der Waals surface area contributed by atoms with Crippen molar-refractivity contribution in [2.45, 2.75) is 33.1 Å². The van der Waals surface area contributed by atoms with Crippen LogP contribution in [0.2, 0.25) is 0 Å². The average Bonchev–Trinajstić information content (AvgIpc) is 3.28. The molecule has 0 fully saturated rings. The molecular formula is C24H26N4OS. The predicted octanol–water partition coefficient (Wildman–Crippen LogP) is 4.86. The number of rotatable bonds is 7. The number of aryl methyl sites for hydroxylation is 2. The predicted molar refractivity (Wildman–Crippen MR) is 123 cm³/mol. The van der Waals surface area contributed by atoms with Gasteiger partial charge in [-0.15, -0.1) is 0 Å². The van der Waals surface area contributed by atoms with E-state index in [1.54, 1.807) is 11.3 Å². The quantitative estimate of drug-likeness (QED) is 0.431. The van der Waals surface area contributed by atoms with Gasteiger partial charge in [-0.3, -0.25) is 14.4 Å². The molecule has 2 aromatic heterocycles. The Hall–Kier alpha value is -2.99. The zero-order chi connectivity index (χ0) is 21.1. The SMILES string of the molecule is Cc1nn(C)c(C)c1CCC(=O)N(CCc1ccccc1)c1nc2ccccc2s1. The molecule has 2 heterocycles. The fourth-order valence-electron chi connectivity index (χ4n) is 3.73. The van der Waals surface area contributed by atoms with Crippen molar-refractivity contribution in [3.8, 4) is 0 Å². The number of hydrogen-bond donors (Lipinski definition) is 0. The number of benzene rings is 2. The van der Waals surface area contributed by atoms with E-state index in [-0.39, 0.29) is 5.91 Å². The third-order valence-electron chi connectivity index (χ3n) is 5.53. The molecule has 0 aliphatic carbocycles. The van der Waals surface area contributed by atoms with E-state index in [9.17, 15) is 4.79 Å². The molecule has 2 aromatic carbocycles. The lowest BCUT2D eigenvalue weighted by Crippen LogP contribution is -2.33. The third kappa shape index (κ3) is 4.28. The van der Waals surface area contributed by atoms with Gasteiger partial charge in [-0.25, -0.2) is 4.98 Å². The minimum absolute atomic E-state index is 0.104. The molecule has 0 atom stereocenters. The molecule has 0 aliphatic rings. The lowest BCUT2D eigenvalue weighted by molar-refractivity contribution is -0.118. The molecule has 30 heavy (non-hydrogen) atoms. The molecule has 0 aliphatic heterocycles. The first-order valence-corrected chi connectivity index (χ1v) is 11.0. The van der Waals surface area contributed by atoms with Crippen LogP contribution in [0.1, 0.15) is 28.9 Å². The van der Waals surface area contributed by atoms with E-state index in [0.29, 0.717) is 19.4 Å². The highest BCUT2D eigenvalue weighted by molar-refractivity contribution is 7.22. The van der Waals surface area contributed by atoms with Crippen LogP contribution in [0.25, 0.3) is 10.2 Å². The Morgan fingerprint density at radius 1 is 1.03 bits per heavy atom. The van der Waals surface area contributed by atoms with Gasteiger partial charge >= 0.3 is 0 Å². The molecule has 0 N–H and O–H groups in total. The van der Waals surface area contributed by atoms with E-state index in [0.717, 1.165) is 38.7 Å². The van der Waals surface area contributed by atoms with Crippen molar-refractivity contribution in [1.82, 2.24) is 14.8 Å². The summed E-state index contributed by atoms with van der Waals surface area (Å²) in [5.41, 5.74) is 5.44. The van der Waals surface area contributed by atoms with Crippen LogP contribution in [0.15, 0.2) is 54.6 Å². The van der Waals surface area contributed by atoms with Crippen molar-refractivity contribution in [3.63, 3.8) is 0 Å². The lowest BCUT2D eigenvalue weighted by Gasteiger charge is -2.20. The topological polar surface area (TPSA) is 51.0 Å². The molecule has 6 heteroatoms. The number of anilines is 1. The van der Waals surface area contributed by atoms with E-state index in [2.05, 4.69) is 30.2 Å². The number of carbonyl (C=O) groups excluding carboxylic acids is 1. The molecule has 5 nitrogen and oxygen atoms in total. The number of hydrogen-bond acceptors (Lipinski definition) is 4. The van der Waals surface area contributed by atoms with Gasteiger partial charge < -0.3 is 0 Å². The Morgan fingerprint density at radius 3 is 2.47 bits per heavy atom. The zero-order valence-corrected chi connectivity index (χ0v) is 18.4. The second-order valence-corrected chi connectivity index (χ2v) is 8.53. The van der Waals surface area contributed by atoms with Gasteiger partial charge in [0, 0.05) is 25.7 Å². The summed E-state index contributed by atoms with van der Waals surface area (Å²) in [5, 5.41) is 5.25. The van der Waals surface area contributed by atoms with Crippen LogP contribution in [0.4, 0.5) is 5.13 Å². The van der Waals surface area contributed by atoms with E-state index in [1.807, 2.05) is 60.0 Å². The fraction of sp³-hybridized carbons (Fsp3) is 0.292. The van der Waals surface area contributed by atoms with Gasteiger partial charge in [0.2, 0.25) is 5.91 Å². The summed E-state index contributed by atoms with van der Waals surface area (Å²) in [5.74, 6) is 0.104. The first-order valence-electron chi connectivity index (χ1n) is 10.2. The van der Waals surface area contributed by atoms with Gasteiger partial charge in [0.15, 0.2) is 5.13 Å². The Balaban J connectivity index is 1.56. The fourth-order valence-corrected chi connectivity index (χ4v) is 4.74. The van der Waals surface area contributed by atoms with Crippen molar-refractivity contribution in [1.29, 1.82) is 0 Å². The number of aromatic nitrogens is 3. The number of amides is 1. The van der Waals surface area contributed by atoms with Crippen molar-refractivity contribution in [3.05, 3.63) is 77.1 Å². The van der Waals surface area contributed by atoms with Crippen LogP contribution in [0.5, 0.6) is 0 Å². The molecule has 0 unspecified atom stereocenters. The zero-order valence-electron chi connectivity index (χ0n) is 17.6. The summed E-state index contributed by atoms with van der Waals surface area (Å²) in [6.45, 7) is 4.68. The van der Waals surface area contributed by atoms with Crippen molar-refractivity contribution in [2.24, 2.45) is 7.05 Å². The lowest BCUT2D eigenvalue weighted by atomic mass is 10.1. The molecule has 0 spiro atoms. The Labute approximate surface area is 181 Å². The van der Waals surface area contributed by atoms with E-state index in [1.165, 1.54) is 5.56 Å². The van der Waals surface area contributed by atoms with Gasteiger partial charge in [0.25, 0.3) is 0 Å². The van der Waals surface area contributed by atoms with Gasteiger partial charge in [-0.05, 0) is 49.9 Å². The summed E-state index contributed by atoms with van der Waals surface area (Å²) in [6, 6.07) is 18.3. The Morgan fingerprint density at radius 2 is 1.77 bits per heavy atom. The van der Waals surface area contributed by atoms with E-state index < -0.39 is 0 Å².